The molecule has 2 atom stereocenters. The number of carbonyl (C=O) groups is 10. The predicted octanol–water partition coefficient (Wildman–Crippen LogP) is 18.0. The second kappa shape index (κ2) is 36.5. The average Bonchev–Trinajstić information content (AvgIpc) is 0.670. The number of fused-ring (bicyclic) bond motifs is 2. The molecule has 2 aliphatic rings. The normalized spacial score (nSPS) is 13.2. The van der Waals surface area contributed by atoms with Gasteiger partial charge in [-0.1, -0.05) is 99.1 Å². The van der Waals surface area contributed by atoms with Crippen molar-refractivity contribution >= 4 is 102 Å². The van der Waals surface area contributed by atoms with Gasteiger partial charge < -0.3 is 47.7 Å². The number of para-hydroxylation sites is 4. The minimum Gasteiger partial charge on any atom is -0.462 e. The highest BCUT2D eigenvalue weighted by atomic mass is 19.4. The molecule has 0 fully saturated rings. The summed E-state index contributed by atoms with van der Waals surface area (Å²) >= 11 is 0. The molecule has 0 spiro atoms. The number of halogens is 6. The summed E-state index contributed by atoms with van der Waals surface area (Å²) in [6.07, 6.45) is -14.3. The minimum absolute atomic E-state index is 0.0233. The largest absolute Gasteiger partial charge is 0.462 e. The Morgan fingerprint density at radius 3 is 0.750 bits per heavy atom. The van der Waals surface area contributed by atoms with Crippen molar-refractivity contribution in [3.63, 3.8) is 0 Å². The summed E-state index contributed by atoms with van der Waals surface area (Å²) in [7, 11) is 0. The zero-order valence-corrected chi connectivity index (χ0v) is 64.0. The second-order valence-electron chi connectivity index (χ2n) is 28.1. The molecule has 9 aromatic carbocycles. The van der Waals surface area contributed by atoms with E-state index in [2.05, 4.69) is 26.3 Å². The van der Waals surface area contributed by atoms with E-state index in [9.17, 15) is 19.2 Å². The van der Waals surface area contributed by atoms with Gasteiger partial charge in [0.25, 0.3) is 23.6 Å². The van der Waals surface area contributed by atoms with Gasteiger partial charge in [0.15, 0.2) is 0 Å². The number of esters is 4. The lowest BCUT2D eigenvalue weighted by Crippen LogP contribution is -2.56. The van der Waals surface area contributed by atoms with E-state index in [1.807, 2.05) is 0 Å². The maximum atomic E-state index is 16.3. The number of hydrogen-bond donors (Lipinski definition) is 0. The van der Waals surface area contributed by atoms with Crippen molar-refractivity contribution in [3.05, 3.63) is 216 Å². The van der Waals surface area contributed by atoms with E-state index in [1.165, 1.54) is 76.2 Å². The smallest absolute Gasteiger partial charge is 0.391 e. The monoisotopic (exact) mass is 1600 g/mol. The Morgan fingerprint density at radius 2 is 0.552 bits per heavy atom. The van der Waals surface area contributed by atoms with E-state index >= 15 is 55.1 Å². The Kier molecular flexibility index (Phi) is 26.4. The molecule has 0 aliphatic carbocycles. The average molecular weight is 1600 g/mol. The Hall–Kier alpha value is -12.9. The molecular weight excluding hydrogens is 1510 g/mol. The summed E-state index contributed by atoms with van der Waals surface area (Å²) < 4.78 is 143. The summed E-state index contributed by atoms with van der Waals surface area (Å²) in [6.45, 7) is 18.1. The molecule has 22 nitrogen and oxygen atoms in total. The minimum atomic E-state index is -5.27. The van der Waals surface area contributed by atoms with E-state index in [4.69, 9.17) is 37.9 Å². The SMILES string of the molecule is C=C(C)C(=O)OCCCCN(CCCCOC(=O)C(=C)C)C(=O)C(CC(F)(F)F)N1C(=O)c2cc(Oc3ccccc3)c3c4c(Oc5ccccc5)cc5c6c(cc(Oc7ccccc7)c(c7c(Oc8ccccc8)cc(c2c37)C1=O)c64)C(=O)N(C(CC(F)(F)F)C(=O)N(CCCCOC(=O)C(=C)C)CCCCOC(=O)C(=C)C)C5=O. The van der Waals surface area contributed by atoms with Crippen LogP contribution in [0.5, 0.6) is 46.0 Å². The maximum Gasteiger partial charge on any atom is 0.391 e. The van der Waals surface area contributed by atoms with E-state index in [0.29, 0.717) is 0 Å². The van der Waals surface area contributed by atoms with Crippen molar-refractivity contribution < 1.29 is 112 Å². The quantitative estimate of drug-likeness (QED) is 0.00509. The Balaban J connectivity index is 1.18. The number of nitrogens with zero attached hydrogens (tertiary/aromatic N) is 4. The summed E-state index contributed by atoms with van der Waals surface area (Å²) in [5.41, 5.74) is -1.62. The standard InChI is InChI=1S/C88H82F6N4O18/c1-51(2)83(105)109-41-25-21-37-95(38-22-26-42-110-84(106)52(3)4)81(103)63(49-87(89,90)91)97-77(99)59-45-65(113-55-29-13-9-14-30-55)71-73-67(115-57-33-17-11-18-34-57)47-61-70-62(48-68(116-58-35-19-12-20-36-58)74(76(70)73)72-66(114-56-31-15-10-16-32-56)46-60(78(97)100)69(59)75(71)72)80(102)98(79(61)101)64(50-88(92,93)94)82(104)96(39-23-27-43-111-85(107)53(5)6)40-24-28-44-112-86(108)54(7)8/h9-20,29-36,45-48,63-64H,1,3,5,7,21-28,37-44,49-50H2,2,4,6,8H3. The molecule has 2 unspecified atom stereocenters. The van der Waals surface area contributed by atoms with Crippen molar-refractivity contribution in [1.82, 2.24) is 19.6 Å². The van der Waals surface area contributed by atoms with Gasteiger partial charge >= 0.3 is 36.2 Å². The lowest BCUT2D eigenvalue weighted by atomic mass is 9.80. The second-order valence-corrected chi connectivity index (χ2v) is 28.1. The van der Waals surface area contributed by atoms with Crippen LogP contribution >= 0.6 is 0 Å². The topological polar surface area (TPSA) is 258 Å². The van der Waals surface area contributed by atoms with Crippen LogP contribution in [-0.2, 0) is 47.7 Å². The first-order chi connectivity index (χ1) is 55.3. The summed E-state index contributed by atoms with van der Waals surface area (Å²) in [6, 6.07) is 31.0. The molecule has 0 saturated heterocycles. The van der Waals surface area contributed by atoms with Gasteiger partial charge in [-0.2, -0.15) is 26.3 Å². The number of carbonyl (C=O) groups excluding carboxylic acids is 10. The number of unbranched alkanes of at least 4 members (excludes halogenated alkanes) is 4. The van der Waals surface area contributed by atoms with Crippen LogP contribution in [0.15, 0.2) is 194 Å². The van der Waals surface area contributed by atoms with Gasteiger partial charge in [0.1, 0.15) is 58.1 Å². The van der Waals surface area contributed by atoms with Crippen molar-refractivity contribution in [2.45, 2.75) is 116 Å². The third-order valence-electron chi connectivity index (χ3n) is 19.1. The van der Waals surface area contributed by atoms with Crippen molar-refractivity contribution in [2.75, 3.05) is 52.6 Å². The first kappa shape index (κ1) is 84.0. The first-order valence-corrected chi connectivity index (χ1v) is 37.4. The summed E-state index contributed by atoms with van der Waals surface area (Å²) in [5.74, 6) is -12.2. The molecule has 0 aromatic heterocycles. The highest BCUT2D eigenvalue weighted by molar-refractivity contribution is 6.45. The zero-order chi connectivity index (χ0) is 83.4. The number of hydrogen-bond acceptors (Lipinski definition) is 18. The Bertz CT molecular complexity index is 4730. The van der Waals surface area contributed by atoms with Gasteiger partial charge in [0.2, 0.25) is 11.8 Å². The van der Waals surface area contributed by atoms with Gasteiger partial charge in [-0.25, -0.2) is 19.2 Å². The molecule has 0 bridgehead atoms. The van der Waals surface area contributed by atoms with Crippen LogP contribution in [0, 0.1) is 0 Å². The fourth-order valence-corrected chi connectivity index (χ4v) is 13.8. The molecule has 0 radical (unpaired) electrons. The molecule has 2 heterocycles. The highest BCUT2D eigenvalue weighted by Crippen LogP contribution is 2.58. The van der Waals surface area contributed by atoms with Crippen molar-refractivity contribution in [2.24, 2.45) is 0 Å². The van der Waals surface area contributed by atoms with E-state index in [0.717, 1.165) is 34.1 Å². The number of rotatable bonds is 38. The van der Waals surface area contributed by atoms with Gasteiger partial charge in [-0.15, -0.1) is 0 Å². The van der Waals surface area contributed by atoms with Crippen LogP contribution in [-0.4, -0.2) is 156 Å². The molecule has 2 aliphatic heterocycles. The molecule has 28 heteroatoms. The third kappa shape index (κ3) is 19.3. The van der Waals surface area contributed by atoms with Crippen LogP contribution in [0.3, 0.4) is 0 Å². The lowest BCUT2D eigenvalue weighted by molar-refractivity contribution is -0.159. The van der Waals surface area contributed by atoms with Crippen LogP contribution < -0.4 is 18.9 Å². The summed E-state index contributed by atoms with van der Waals surface area (Å²) in [4.78, 5) is 148. The van der Waals surface area contributed by atoms with Crippen LogP contribution in [0.1, 0.15) is 133 Å². The molecule has 11 rings (SSSR count). The van der Waals surface area contributed by atoms with E-state index in [-0.39, 0.29) is 225 Å². The maximum absolute atomic E-state index is 16.3. The highest BCUT2D eigenvalue weighted by Gasteiger charge is 2.51. The lowest BCUT2D eigenvalue weighted by Gasteiger charge is -2.38. The molecule has 6 amide bonds. The summed E-state index contributed by atoms with van der Waals surface area (Å²) in [5, 5.41) is -1.09. The number of amides is 6. The van der Waals surface area contributed by atoms with Crippen LogP contribution in [0.25, 0.3) is 43.1 Å². The predicted molar refractivity (Wildman–Crippen MR) is 417 cm³/mol. The molecule has 0 N–H and O–H groups in total. The Labute approximate surface area is 662 Å². The van der Waals surface area contributed by atoms with Crippen molar-refractivity contribution in [3.8, 4) is 46.0 Å². The van der Waals surface area contributed by atoms with Gasteiger partial charge in [-0.05, 0) is 152 Å². The van der Waals surface area contributed by atoms with Crippen LogP contribution in [0.4, 0.5) is 26.3 Å². The van der Waals surface area contributed by atoms with Crippen LogP contribution in [0.2, 0.25) is 0 Å². The number of benzene rings is 9. The van der Waals surface area contributed by atoms with E-state index in [1.54, 1.807) is 72.8 Å². The van der Waals surface area contributed by atoms with E-state index < -0.39 is 119 Å². The van der Waals surface area contributed by atoms with Crippen molar-refractivity contribution in [1.29, 1.82) is 0 Å². The fourth-order valence-electron chi connectivity index (χ4n) is 13.8. The van der Waals surface area contributed by atoms with Gasteiger partial charge in [0, 0.05) is 91.6 Å². The fraction of sp³-hybridized carbons (Fsp3) is 0.295. The molecule has 604 valence electrons. The number of alkyl halides is 6. The molecule has 0 saturated carbocycles. The van der Waals surface area contributed by atoms with Gasteiger partial charge in [-0.3, -0.25) is 38.6 Å². The number of imide groups is 2. The molecular formula is C88H82F6N4O18. The first-order valence-electron chi connectivity index (χ1n) is 37.4. The number of ether oxygens (including phenoxy) is 8. The molecule has 116 heavy (non-hydrogen) atoms. The van der Waals surface area contributed by atoms with Gasteiger partial charge in [0.05, 0.1) is 61.5 Å². The zero-order valence-electron chi connectivity index (χ0n) is 64.0. The molecule has 9 aromatic rings. The Morgan fingerprint density at radius 1 is 0.336 bits per heavy atom. The third-order valence-corrected chi connectivity index (χ3v) is 19.1.